The molecule has 1 saturated carbocycles. The summed E-state index contributed by atoms with van der Waals surface area (Å²) in [6, 6.07) is 3.79. The van der Waals surface area contributed by atoms with Gasteiger partial charge in [0, 0.05) is 18.8 Å². The minimum absolute atomic E-state index is 0.274. The van der Waals surface area contributed by atoms with E-state index in [9.17, 15) is 10.2 Å². The van der Waals surface area contributed by atoms with E-state index in [0.717, 1.165) is 18.4 Å². The summed E-state index contributed by atoms with van der Waals surface area (Å²) in [6.45, 7) is 0. The van der Waals surface area contributed by atoms with Crippen LogP contribution in [-0.4, -0.2) is 27.4 Å². The summed E-state index contributed by atoms with van der Waals surface area (Å²) in [5, 5.41) is 20.2. The van der Waals surface area contributed by atoms with Crippen LogP contribution in [0.3, 0.4) is 0 Å². The highest BCUT2D eigenvalue weighted by molar-refractivity contribution is 5.10. The molecule has 3 heteroatoms. The van der Waals surface area contributed by atoms with E-state index in [2.05, 4.69) is 4.98 Å². The summed E-state index contributed by atoms with van der Waals surface area (Å²) in [5.41, 5.74) is 0.981. The first-order chi connectivity index (χ1) is 8.27. The molecule has 1 aliphatic carbocycles. The van der Waals surface area contributed by atoms with Crippen molar-refractivity contribution in [3.8, 4) is 0 Å². The lowest BCUT2D eigenvalue weighted by Gasteiger charge is -2.29. The summed E-state index contributed by atoms with van der Waals surface area (Å²) in [5.74, 6) is 0.274. The molecule has 3 nitrogen and oxygen atoms in total. The largest absolute Gasteiger partial charge is 0.390 e. The third-order valence-electron chi connectivity index (χ3n) is 3.69. The molecule has 1 aromatic rings. The van der Waals surface area contributed by atoms with Gasteiger partial charge in [-0.3, -0.25) is 4.98 Å². The molecule has 0 saturated heterocycles. The van der Waals surface area contributed by atoms with Crippen LogP contribution in [0.5, 0.6) is 0 Å². The Morgan fingerprint density at radius 1 is 1.24 bits per heavy atom. The Labute approximate surface area is 103 Å². The van der Waals surface area contributed by atoms with E-state index in [0.29, 0.717) is 6.42 Å². The monoisotopic (exact) mass is 235 g/mol. The molecule has 1 aliphatic rings. The highest BCUT2D eigenvalue weighted by atomic mass is 16.3. The number of pyridine rings is 1. The molecule has 0 amide bonds. The number of hydrogen-bond donors (Lipinski definition) is 2. The summed E-state index contributed by atoms with van der Waals surface area (Å²) in [7, 11) is 0. The zero-order valence-corrected chi connectivity index (χ0v) is 10.1. The van der Waals surface area contributed by atoms with E-state index in [4.69, 9.17) is 0 Å². The van der Waals surface area contributed by atoms with Crippen molar-refractivity contribution in [2.45, 2.75) is 50.7 Å². The van der Waals surface area contributed by atoms with Gasteiger partial charge in [0.25, 0.3) is 0 Å². The van der Waals surface area contributed by atoms with Crippen LogP contribution in [0.15, 0.2) is 24.5 Å². The molecule has 0 radical (unpaired) electrons. The van der Waals surface area contributed by atoms with Crippen LogP contribution in [0, 0.1) is 5.92 Å². The van der Waals surface area contributed by atoms with E-state index >= 15 is 0 Å². The second-order valence-electron chi connectivity index (χ2n) is 5.02. The lowest BCUT2D eigenvalue weighted by Crippen LogP contribution is -2.36. The van der Waals surface area contributed by atoms with E-state index < -0.39 is 12.2 Å². The van der Waals surface area contributed by atoms with Crippen molar-refractivity contribution < 1.29 is 10.2 Å². The first-order valence-corrected chi connectivity index (χ1v) is 6.52. The van der Waals surface area contributed by atoms with Crippen molar-refractivity contribution in [1.29, 1.82) is 0 Å². The minimum Gasteiger partial charge on any atom is -0.390 e. The van der Waals surface area contributed by atoms with Crippen LogP contribution >= 0.6 is 0 Å². The lowest BCUT2D eigenvalue weighted by molar-refractivity contribution is -0.0263. The Morgan fingerprint density at radius 2 is 2.00 bits per heavy atom. The molecule has 17 heavy (non-hydrogen) atoms. The van der Waals surface area contributed by atoms with Gasteiger partial charge in [0.15, 0.2) is 0 Å². The Kier molecular flexibility index (Phi) is 4.51. The molecule has 1 aromatic heterocycles. The second kappa shape index (κ2) is 6.12. The second-order valence-corrected chi connectivity index (χ2v) is 5.02. The van der Waals surface area contributed by atoms with Crippen LogP contribution in [0.25, 0.3) is 0 Å². The first kappa shape index (κ1) is 12.5. The molecule has 0 aliphatic heterocycles. The third kappa shape index (κ3) is 3.51. The minimum atomic E-state index is -0.665. The smallest absolute Gasteiger partial charge is 0.0842 e. The molecule has 0 bridgehead atoms. The van der Waals surface area contributed by atoms with Gasteiger partial charge in [-0.15, -0.1) is 0 Å². The maximum absolute atomic E-state index is 10.1. The number of hydrogen-bond acceptors (Lipinski definition) is 3. The molecule has 0 aromatic carbocycles. The topological polar surface area (TPSA) is 53.4 Å². The summed E-state index contributed by atoms with van der Waals surface area (Å²) >= 11 is 0. The SMILES string of the molecule is OC(Cc1cccnc1)C(O)C1CCCCC1. The predicted octanol–water partition coefficient (Wildman–Crippen LogP) is 1.93. The number of aromatic nitrogens is 1. The summed E-state index contributed by atoms with van der Waals surface area (Å²) < 4.78 is 0. The molecule has 1 fully saturated rings. The van der Waals surface area contributed by atoms with Crippen molar-refractivity contribution in [2.75, 3.05) is 0 Å². The molecule has 2 rings (SSSR count). The Hall–Kier alpha value is -0.930. The molecular weight excluding hydrogens is 214 g/mol. The van der Waals surface area contributed by atoms with Gasteiger partial charge in [-0.05, 0) is 30.4 Å². The van der Waals surface area contributed by atoms with Crippen molar-refractivity contribution in [3.63, 3.8) is 0 Å². The van der Waals surface area contributed by atoms with E-state index in [-0.39, 0.29) is 5.92 Å². The molecule has 2 unspecified atom stereocenters. The summed E-state index contributed by atoms with van der Waals surface area (Å²) in [6.07, 6.45) is 8.43. The van der Waals surface area contributed by atoms with Crippen LogP contribution in [0.4, 0.5) is 0 Å². The Bertz CT molecular complexity index is 322. The normalized spacial score (nSPS) is 21.1. The maximum Gasteiger partial charge on any atom is 0.0842 e. The molecular formula is C14H21NO2. The van der Waals surface area contributed by atoms with Gasteiger partial charge in [0.1, 0.15) is 0 Å². The Balaban J connectivity index is 1.88. The van der Waals surface area contributed by atoms with Crippen LogP contribution < -0.4 is 0 Å². The average Bonchev–Trinajstić information content (AvgIpc) is 2.40. The van der Waals surface area contributed by atoms with Gasteiger partial charge in [0.05, 0.1) is 12.2 Å². The van der Waals surface area contributed by atoms with E-state index in [1.54, 1.807) is 12.4 Å². The zero-order valence-electron chi connectivity index (χ0n) is 10.1. The van der Waals surface area contributed by atoms with Crippen molar-refractivity contribution >= 4 is 0 Å². The van der Waals surface area contributed by atoms with Gasteiger partial charge in [-0.25, -0.2) is 0 Å². The summed E-state index contributed by atoms with van der Waals surface area (Å²) in [4.78, 5) is 4.02. The third-order valence-corrected chi connectivity index (χ3v) is 3.69. The number of nitrogens with zero attached hydrogens (tertiary/aromatic N) is 1. The van der Waals surface area contributed by atoms with Crippen molar-refractivity contribution in [3.05, 3.63) is 30.1 Å². The fraction of sp³-hybridized carbons (Fsp3) is 0.643. The zero-order chi connectivity index (χ0) is 12.1. The van der Waals surface area contributed by atoms with Gasteiger partial charge in [-0.1, -0.05) is 25.3 Å². The number of aliphatic hydroxyl groups excluding tert-OH is 2. The lowest BCUT2D eigenvalue weighted by atomic mass is 9.82. The van der Waals surface area contributed by atoms with Crippen LogP contribution in [0.2, 0.25) is 0 Å². The van der Waals surface area contributed by atoms with Gasteiger partial charge >= 0.3 is 0 Å². The fourth-order valence-corrected chi connectivity index (χ4v) is 2.67. The standard InChI is InChI=1S/C14H21NO2/c16-13(9-11-5-4-8-15-10-11)14(17)12-6-2-1-3-7-12/h4-5,8,10,12-14,16-17H,1-3,6-7,9H2. The van der Waals surface area contributed by atoms with Crippen LogP contribution in [0.1, 0.15) is 37.7 Å². The predicted molar refractivity (Wildman–Crippen MR) is 66.5 cm³/mol. The maximum atomic E-state index is 10.1. The highest BCUT2D eigenvalue weighted by Crippen LogP contribution is 2.28. The van der Waals surface area contributed by atoms with Crippen molar-refractivity contribution in [1.82, 2.24) is 4.98 Å². The Morgan fingerprint density at radius 3 is 2.65 bits per heavy atom. The van der Waals surface area contributed by atoms with E-state index in [1.165, 1.54) is 19.3 Å². The van der Waals surface area contributed by atoms with Crippen molar-refractivity contribution in [2.24, 2.45) is 5.92 Å². The molecule has 0 spiro atoms. The number of rotatable bonds is 4. The first-order valence-electron chi connectivity index (χ1n) is 6.52. The van der Waals surface area contributed by atoms with Gasteiger partial charge in [0.2, 0.25) is 0 Å². The quantitative estimate of drug-likeness (QED) is 0.838. The highest BCUT2D eigenvalue weighted by Gasteiger charge is 2.27. The average molecular weight is 235 g/mol. The molecule has 1 heterocycles. The molecule has 2 atom stereocenters. The van der Waals surface area contributed by atoms with Gasteiger partial charge < -0.3 is 10.2 Å². The molecule has 94 valence electrons. The fourth-order valence-electron chi connectivity index (χ4n) is 2.67. The number of aliphatic hydroxyl groups is 2. The van der Waals surface area contributed by atoms with E-state index in [1.807, 2.05) is 12.1 Å². The van der Waals surface area contributed by atoms with Gasteiger partial charge in [-0.2, -0.15) is 0 Å². The van der Waals surface area contributed by atoms with Crippen LogP contribution in [-0.2, 0) is 6.42 Å². The molecule has 2 N–H and O–H groups in total.